The molecule has 0 saturated carbocycles. The summed E-state index contributed by atoms with van der Waals surface area (Å²) in [5, 5.41) is 0.881. The minimum atomic E-state index is -2.75. The Kier molecular flexibility index (Phi) is 5.34. The van der Waals surface area contributed by atoms with Crippen LogP contribution >= 0.6 is 15.9 Å². The van der Waals surface area contributed by atoms with E-state index in [-0.39, 0.29) is 5.75 Å². The first-order valence-electron chi connectivity index (χ1n) is 3.78. The molecule has 2 nitrogen and oxygen atoms in total. The first kappa shape index (κ1) is 11.4. The molecule has 0 spiro atoms. The fraction of sp³-hybridized carbons (Fsp3) is 1.00. The largest absolute Gasteiger partial charge is 0.229 e. The molecule has 0 amide bonds. The molecule has 0 bridgehead atoms. The summed E-state index contributed by atoms with van der Waals surface area (Å²) in [4.78, 5) is 0. The molecule has 0 N–H and O–H groups in total. The third kappa shape index (κ3) is 5.67. The van der Waals surface area contributed by atoms with Gasteiger partial charge < -0.3 is 0 Å². The van der Waals surface area contributed by atoms with E-state index in [2.05, 4.69) is 15.9 Å². The van der Waals surface area contributed by atoms with E-state index < -0.39 is 9.84 Å². The minimum Gasteiger partial charge on any atom is -0.229 e. The van der Waals surface area contributed by atoms with Gasteiger partial charge in [-0.3, -0.25) is 0 Å². The molecule has 0 aromatic heterocycles. The quantitative estimate of drug-likeness (QED) is 0.690. The summed E-state index contributed by atoms with van der Waals surface area (Å²) in [5.74, 6) is 1.05. The van der Waals surface area contributed by atoms with Crippen LogP contribution in [0.1, 0.15) is 20.3 Å². The summed E-state index contributed by atoms with van der Waals surface area (Å²) in [6.07, 6.45) is 0.765. The summed E-state index contributed by atoms with van der Waals surface area (Å²) in [6.45, 7) is 3.73. The van der Waals surface area contributed by atoms with Crippen LogP contribution in [-0.4, -0.2) is 25.3 Å². The number of hydrogen-bond donors (Lipinski definition) is 0. The van der Waals surface area contributed by atoms with Crippen LogP contribution in [0.2, 0.25) is 0 Å². The van der Waals surface area contributed by atoms with Crippen LogP contribution in [0.25, 0.3) is 0 Å². The second-order valence-corrected chi connectivity index (χ2v) is 5.90. The van der Waals surface area contributed by atoms with Crippen molar-refractivity contribution < 1.29 is 8.42 Å². The first-order chi connectivity index (χ1) is 5.02. The van der Waals surface area contributed by atoms with Gasteiger partial charge in [-0.2, -0.15) is 0 Å². The molecular weight excluding hydrogens is 228 g/mol. The van der Waals surface area contributed by atoms with Gasteiger partial charge in [-0.25, -0.2) is 8.42 Å². The molecule has 11 heavy (non-hydrogen) atoms. The van der Waals surface area contributed by atoms with Gasteiger partial charge in [0.25, 0.3) is 0 Å². The van der Waals surface area contributed by atoms with E-state index in [4.69, 9.17) is 0 Å². The average Bonchev–Trinajstić information content (AvgIpc) is 2.00. The Balaban J connectivity index is 3.71. The number of halogens is 1. The summed E-state index contributed by atoms with van der Waals surface area (Å²) < 4.78 is 22.0. The van der Waals surface area contributed by atoms with Crippen molar-refractivity contribution >= 4 is 25.8 Å². The molecular formula is C7H15BrO2S. The van der Waals surface area contributed by atoms with E-state index >= 15 is 0 Å². The number of hydrogen-bond acceptors (Lipinski definition) is 2. The molecule has 0 aromatic rings. The number of rotatable bonds is 5. The third-order valence-electron chi connectivity index (χ3n) is 1.62. The summed E-state index contributed by atoms with van der Waals surface area (Å²) >= 11 is 3.31. The van der Waals surface area contributed by atoms with Gasteiger partial charge in [0.1, 0.15) is 9.84 Å². The lowest BCUT2D eigenvalue weighted by molar-refractivity contribution is 0.578. The van der Waals surface area contributed by atoms with Crippen molar-refractivity contribution in [2.24, 2.45) is 5.92 Å². The van der Waals surface area contributed by atoms with Gasteiger partial charge in [-0.15, -0.1) is 0 Å². The highest BCUT2D eigenvalue weighted by Gasteiger charge is 2.09. The van der Waals surface area contributed by atoms with Crippen LogP contribution in [-0.2, 0) is 9.84 Å². The van der Waals surface area contributed by atoms with Gasteiger partial charge >= 0.3 is 0 Å². The normalized spacial score (nSPS) is 14.8. The minimum absolute atomic E-state index is 0.266. The summed E-state index contributed by atoms with van der Waals surface area (Å²) in [7, 11) is -2.75. The molecule has 0 heterocycles. The van der Waals surface area contributed by atoms with Crippen LogP contribution in [0.5, 0.6) is 0 Å². The molecule has 1 atom stereocenters. The smallest absolute Gasteiger partial charge is 0.150 e. The van der Waals surface area contributed by atoms with E-state index in [9.17, 15) is 8.42 Å². The topological polar surface area (TPSA) is 34.1 Å². The molecule has 4 heteroatoms. The lowest BCUT2D eigenvalue weighted by atomic mass is 10.2. The molecule has 0 rings (SSSR count). The zero-order valence-corrected chi connectivity index (χ0v) is 9.41. The molecule has 0 aromatic carbocycles. The molecule has 0 fully saturated rings. The fourth-order valence-corrected chi connectivity index (χ4v) is 1.98. The van der Waals surface area contributed by atoms with Crippen molar-refractivity contribution in [1.29, 1.82) is 0 Å². The Morgan fingerprint density at radius 1 is 1.45 bits per heavy atom. The fourth-order valence-electron chi connectivity index (χ4n) is 0.602. The summed E-state index contributed by atoms with van der Waals surface area (Å²) in [5.41, 5.74) is 0. The van der Waals surface area contributed by atoms with E-state index in [0.29, 0.717) is 11.7 Å². The molecule has 0 aliphatic heterocycles. The Hall–Kier alpha value is 0.430. The Labute approximate surface area is 77.4 Å². The van der Waals surface area contributed by atoms with Gasteiger partial charge in [0.15, 0.2) is 0 Å². The van der Waals surface area contributed by atoms with Crippen molar-refractivity contribution in [3.63, 3.8) is 0 Å². The van der Waals surface area contributed by atoms with Crippen LogP contribution in [0.4, 0.5) is 0 Å². The van der Waals surface area contributed by atoms with Crippen molar-refractivity contribution in [2.75, 3.05) is 16.8 Å². The Morgan fingerprint density at radius 2 is 2.00 bits per heavy atom. The Morgan fingerprint density at radius 3 is 2.36 bits per heavy atom. The van der Waals surface area contributed by atoms with Crippen LogP contribution in [0.3, 0.4) is 0 Å². The lowest BCUT2D eigenvalue weighted by Gasteiger charge is -2.05. The zero-order valence-electron chi connectivity index (χ0n) is 7.01. The van der Waals surface area contributed by atoms with Gasteiger partial charge in [-0.05, 0) is 12.3 Å². The molecule has 0 radical (unpaired) electrons. The molecule has 68 valence electrons. The van der Waals surface area contributed by atoms with E-state index in [1.807, 2.05) is 6.92 Å². The number of alkyl halides is 1. The predicted octanol–water partition coefficient (Wildman–Crippen LogP) is 1.84. The van der Waals surface area contributed by atoms with Crippen molar-refractivity contribution in [3.8, 4) is 0 Å². The van der Waals surface area contributed by atoms with Crippen molar-refractivity contribution in [1.82, 2.24) is 0 Å². The zero-order chi connectivity index (χ0) is 8.91. The highest BCUT2D eigenvalue weighted by atomic mass is 79.9. The third-order valence-corrected chi connectivity index (χ3v) is 4.47. The van der Waals surface area contributed by atoms with Crippen LogP contribution < -0.4 is 0 Å². The molecule has 0 saturated heterocycles. The maximum absolute atomic E-state index is 11.0. The first-order valence-corrected chi connectivity index (χ1v) is 6.72. The molecule has 1 unspecified atom stereocenters. The maximum Gasteiger partial charge on any atom is 0.150 e. The van der Waals surface area contributed by atoms with Crippen LogP contribution in [0.15, 0.2) is 0 Å². The van der Waals surface area contributed by atoms with Gasteiger partial charge in [0.2, 0.25) is 0 Å². The highest BCUT2D eigenvalue weighted by Crippen LogP contribution is 2.07. The lowest BCUT2D eigenvalue weighted by Crippen LogP contribution is -2.12. The van der Waals surface area contributed by atoms with Gasteiger partial charge in [0.05, 0.1) is 5.75 Å². The Bertz CT molecular complexity index is 187. The maximum atomic E-state index is 11.0. The molecule has 0 aliphatic rings. The summed E-state index contributed by atoms with van der Waals surface area (Å²) in [6, 6.07) is 0. The molecule has 0 aliphatic carbocycles. The van der Waals surface area contributed by atoms with Crippen molar-refractivity contribution in [2.45, 2.75) is 20.3 Å². The number of sulfone groups is 1. The van der Waals surface area contributed by atoms with Crippen molar-refractivity contribution in [3.05, 3.63) is 0 Å². The second-order valence-electron chi connectivity index (χ2n) is 2.78. The van der Waals surface area contributed by atoms with Crippen LogP contribution in [0, 0.1) is 5.92 Å². The van der Waals surface area contributed by atoms with Gasteiger partial charge in [-0.1, -0.05) is 29.8 Å². The standard InChI is InChI=1S/C7H15BrO2S/c1-3-11(9,10)5-4-7(2)6-8/h7H,3-6H2,1-2H3. The van der Waals surface area contributed by atoms with Gasteiger partial charge in [0, 0.05) is 11.1 Å². The van der Waals surface area contributed by atoms with E-state index in [1.165, 1.54) is 0 Å². The monoisotopic (exact) mass is 242 g/mol. The van der Waals surface area contributed by atoms with E-state index in [1.54, 1.807) is 6.92 Å². The second kappa shape index (κ2) is 5.14. The highest BCUT2D eigenvalue weighted by molar-refractivity contribution is 9.09. The average molecular weight is 243 g/mol. The van der Waals surface area contributed by atoms with E-state index in [0.717, 1.165) is 11.8 Å². The predicted molar refractivity (Wildman–Crippen MR) is 51.9 cm³/mol. The SMILES string of the molecule is CCS(=O)(=O)CCC(C)CBr.